The summed E-state index contributed by atoms with van der Waals surface area (Å²) in [7, 11) is 1.10. The van der Waals surface area contributed by atoms with Gasteiger partial charge in [-0.15, -0.1) is 0 Å². The first-order chi connectivity index (χ1) is 18.7. The normalized spacial score (nSPS) is 10.8. The lowest BCUT2D eigenvalue weighted by Crippen LogP contribution is -1.97. The highest BCUT2D eigenvalue weighted by molar-refractivity contribution is 5.56. The van der Waals surface area contributed by atoms with Gasteiger partial charge in [-0.25, -0.2) is 4.79 Å². The number of hydrogen-bond donors (Lipinski definition) is 1. The number of unbranched alkanes of at least 4 members (excludes halogenated alkanes) is 26. The average molecular weight is 543 g/mol. The summed E-state index contributed by atoms with van der Waals surface area (Å²) >= 11 is 0. The van der Waals surface area contributed by atoms with Gasteiger partial charge in [0, 0.05) is 13.2 Å². The third-order valence-electron chi connectivity index (χ3n) is 7.46. The molecule has 0 aliphatic heterocycles. The van der Waals surface area contributed by atoms with Gasteiger partial charge in [-0.2, -0.15) is 0 Å². The lowest BCUT2D eigenvalue weighted by Gasteiger charge is -2.05. The van der Waals surface area contributed by atoms with Crippen LogP contribution in [0.5, 0.6) is 0 Å². The summed E-state index contributed by atoms with van der Waals surface area (Å²) in [6.45, 7) is 6.59. The van der Waals surface area contributed by atoms with Crippen molar-refractivity contribution in [1.82, 2.24) is 0 Å². The quantitative estimate of drug-likeness (QED) is 0.0724. The summed E-state index contributed by atoms with van der Waals surface area (Å²) in [5.41, 5.74) is 0. The molecular weight excluding hydrogens is 472 g/mol. The fourth-order valence-electron chi connectivity index (χ4n) is 4.90. The Balaban J connectivity index is 0. The summed E-state index contributed by atoms with van der Waals surface area (Å²) < 4.78 is 9.51. The molecule has 0 bridgehead atoms. The van der Waals surface area contributed by atoms with Crippen molar-refractivity contribution in [3.63, 3.8) is 0 Å². The summed E-state index contributed by atoms with van der Waals surface area (Å²) in [5, 5.41) is 7.50. The molecule has 0 heterocycles. The molecule has 38 heavy (non-hydrogen) atoms. The zero-order valence-corrected chi connectivity index (χ0v) is 26.4. The van der Waals surface area contributed by atoms with Crippen LogP contribution >= 0.6 is 0 Å². The van der Waals surface area contributed by atoms with E-state index in [2.05, 4.69) is 18.6 Å². The van der Waals surface area contributed by atoms with E-state index in [9.17, 15) is 0 Å². The highest BCUT2D eigenvalue weighted by Crippen LogP contribution is 2.14. The number of methoxy groups -OCH3 is 1. The minimum atomic E-state index is -1.25. The van der Waals surface area contributed by atoms with E-state index in [1.165, 1.54) is 180 Å². The van der Waals surface area contributed by atoms with Crippen LogP contribution in [0, 0.1) is 0 Å². The molecule has 0 unspecified atom stereocenters. The molecule has 1 N–H and O–H groups in total. The van der Waals surface area contributed by atoms with Gasteiger partial charge in [-0.05, 0) is 12.8 Å². The van der Waals surface area contributed by atoms with Crippen molar-refractivity contribution in [2.24, 2.45) is 0 Å². The molecule has 0 aromatic carbocycles. The molecule has 0 fully saturated rings. The summed E-state index contributed by atoms with van der Waals surface area (Å²) in [6, 6.07) is 0. The Hall–Kier alpha value is -0.770. The maximum Gasteiger partial charge on any atom is 0.505 e. The van der Waals surface area contributed by atoms with Crippen molar-refractivity contribution in [2.75, 3.05) is 20.3 Å². The second kappa shape index (κ2) is 38.4. The van der Waals surface area contributed by atoms with Crippen molar-refractivity contribution < 1.29 is 19.4 Å². The molecule has 4 nitrogen and oxygen atoms in total. The van der Waals surface area contributed by atoms with Crippen molar-refractivity contribution in [1.29, 1.82) is 0 Å². The standard InChI is InChI=1S/C32H66O.C2H4O3/c1-3-5-7-9-11-13-15-17-19-21-23-25-27-29-31-33-32-30-28-26-24-22-20-18-16-14-12-10-8-6-4-2;1-5-2(3)4/h3-32H2,1-2H3;1H3,(H,3,4). The predicted molar refractivity (Wildman–Crippen MR) is 166 cm³/mol. The molecule has 0 radical (unpaired) electrons. The van der Waals surface area contributed by atoms with Crippen LogP contribution in [0.25, 0.3) is 0 Å². The highest BCUT2D eigenvalue weighted by atomic mass is 16.6. The third-order valence-corrected chi connectivity index (χ3v) is 7.46. The molecular formula is C34H70O4. The van der Waals surface area contributed by atoms with E-state index in [-0.39, 0.29) is 0 Å². The van der Waals surface area contributed by atoms with Crippen LogP contribution in [0.15, 0.2) is 0 Å². The van der Waals surface area contributed by atoms with Crippen molar-refractivity contribution in [2.45, 2.75) is 194 Å². The van der Waals surface area contributed by atoms with E-state index in [0.717, 1.165) is 20.3 Å². The monoisotopic (exact) mass is 543 g/mol. The number of carboxylic acid groups (broad SMARTS) is 1. The minimum Gasteiger partial charge on any atom is -0.450 e. The first-order valence-corrected chi connectivity index (χ1v) is 17.0. The van der Waals surface area contributed by atoms with Gasteiger partial charge >= 0.3 is 6.16 Å². The van der Waals surface area contributed by atoms with E-state index in [1.807, 2.05) is 0 Å². The van der Waals surface area contributed by atoms with Gasteiger partial charge in [0.25, 0.3) is 0 Å². The van der Waals surface area contributed by atoms with Crippen LogP contribution < -0.4 is 0 Å². The predicted octanol–water partition coefficient (Wildman–Crippen LogP) is 12.3. The first-order valence-electron chi connectivity index (χ1n) is 17.0. The van der Waals surface area contributed by atoms with Gasteiger partial charge in [-0.3, -0.25) is 0 Å². The smallest absolute Gasteiger partial charge is 0.450 e. The Bertz CT molecular complexity index is 383. The molecule has 0 aliphatic rings. The van der Waals surface area contributed by atoms with Gasteiger partial charge < -0.3 is 14.6 Å². The fraction of sp³-hybridized carbons (Fsp3) is 0.971. The third kappa shape index (κ3) is 42.3. The SMILES string of the molecule is CCCCCCCCCCCCCCCCOCCCCCCCCCCCCCCCC.COC(=O)O. The highest BCUT2D eigenvalue weighted by Gasteiger charge is 1.96. The minimum absolute atomic E-state index is 0.997. The first kappa shape index (κ1) is 39.4. The van der Waals surface area contributed by atoms with E-state index in [1.54, 1.807) is 0 Å². The molecule has 0 aromatic heterocycles. The number of ether oxygens (including phenoxy) is 2. The molecule has 0 saturated carbocycles. The largest absolute Gasteiger partial charge is 0.505 e. The van der Waals surface area contributed by atoms with Gasteiger partial charge in [0.05, 0.1) is 7.11 Å². The summed E-state index contributed by atoms with van der Waals surface area (Å²) in [4.78, 5) is 9.15. The van der Waals surface area contributed by atoms with Crippen LogP contribution in [0.1, 0.15) is 194 Å². The molecule has 230 valence electrons. The number of rotatable bonds is 30. The molecule has 0 atom stereocenters. The average Bonchev–Trinajstić information content (AvgIpc) is 2.92. The van der Waals surface area contributed by atoms with E-state index < -0.39 is 6.16 Å². The zero-order chi connectivity index (χ0) is 28.2. The number of carbonyl (C=O) groups is 1. The van der Waals surface area contributed by atoms with E-state index in [4.69, 9.17) is 14.6 Å². The van der Waals surface area contributed by atoms with Gasteiger partial charge in [0.15, 0.2) is 0 Å². The van der Waals surface area contributed by atoms with E-state index >= 15 is 0 Å². The Morgan fingerprint density at radius 1 is 0.421 bits per heavy atom. The Labute approximate surface area is 239 Å². The van der Waals surface area contributed by atoms with Crippen LogP contribution in [0.4, 0.5) is 4.79 Å². The Kier molecular flexibility index (Phi) is 39.8. The molecule has 0 rings (SSSR count). The number of hydrogen-bond acceptors (Lipinski definition) is 3. The molecule has 0 aliphatic carbocycles. The molecule has 0 saturated heterocycles. The second-order valence-electron chi connectivity index (χ2n) is 11.3. The van der Waals surface area contributed by atoms with E-state index in [0.29, 0.717) is 0 Å². The maximum atomic E-state index is 9.15. The summed E-state index contributed by atoms with van der Waals surface area (Å²) in [5.74, 6) is 0. The van der Waals surface area contributed by atoms with Crippen LogP contribution in [0.2, 0.25) is 0 Å². The maximum absolute atomic E-state index is 9.15. The lowest BCUT2D eigenvalue weighted by molar-refractivity contribution is 0.113. The van der Waals surface area contributed by atoms with Crippen LogP contribution in [-0.4, -0.2) is 31.6 Å². The topological polar surface area (TPSA) is 55.8 Å². The van der Waals surface area contributed by atoms with Crippen molar-refractivity contribution in [3.8, 4) is 0 Å². The Morgan fingerprint density at radius 2 is 0.605 bits per heavy atom. The van der Waals surface area contributed by atoms with Crippen molar-refractivity contribution >= 4 is 6.16 Å². The molecule has 0 aromatic rings. The Morgan fingerprint density at radius 3 is 0.789 bits per heavy atom. The van der Waals surface area contributed by atoms with Gasteiger partial charge in [0.1, 0.15) is 0 Å². The van der Waals surface area contributed by atoms with Crippen LogP contribution in [0.3, 0.4) is 0 Å². The molecule has 0 spiro atoms. The lowest BCUT2D eigenvalue weighted by atomic mass is 10.0. The summed E-state index contributed by atoms with van der Waals surface area (Å²) in [6.07, 6.45) is 38.8. The zero-order valence-electron chi connectivity index (χ0n) is 26.4. The molecule has 0 amide bonds. The van der Waals surface area contributed by atoms with Gasteiger partial charge in [0.2, 0.25) is 0 Å². The molecule has 4 heteroatoms. The second-order valence-corrected chi connectivity index (χ2v) is 11.3. The van der Waals surface area contributed by atoms with Gasteiger partial charge in [-0.1, -0.05) is 181 Å². The van der Waals surface area contributed by atoms with Crippen LogP contribution in [-0.2, 0) is 9.47 Å². The van der Waals surface area contributed by atoms with Crippen molar-refractivity contribution in [3.05, 3.63) is 0 Å². The fourth-order valence-corrected chi connectivity index (χ4v) is 4.90.